The Balaban J connectivity index is 2.06. The van der Waals surface area contributed by atoms with Crippen LogP contribution in [-0.2, 0) is 36.3 Å². The van der Waals surface area contributed by atoms with Crippen molar-refractivity contribution in [1.82, 2.24) is 5.43 Å². The summed E-state index contributed by atoms with van der Waals surface area (Å²) in [6, 6.07) is 18.9. The number of ether oxygens (including phenoxy) is 2. The van der Waals surface area contributed by atoms with E-state index in [-0.39, 0.29) is 26.0 Å². The van der Waals surface area contributed by atoms with E-state index in [0.29, 0.717) is 12.3 Å². The van der Waals surface area contributed by atoms with Crippen LogP contribution in [-0.4, -0.2) is 37.3 Å². The van der Waals surface area contributed by atoms with Crippen LogP contribution in [0.25, 0.3) is 0 Å². The van der Waals surface area contributed by atoms with Crippen LogP contribution in [0.5, 0.6) is 0 Å². The summed E-state index contributed by atoms with van der Waals surface area (Å²) < 4.78 is 34.9. The number of carbonyl (C=O) groups excluding carboxylic acids is 1. The molecule has 1 amide bonds. The summed E-state index contributed by atoms with van der Waals surface area (Å²) in [4.78, 5) is 12.1. The highest BCUT2D eigenvalue weighted by atomic mass is 31.2. The average molecular weight is 462 g/mol. The number of amides is 1. The fourth-order valence-electron chi connectivity index (χ4n) is 2.74. The van der Waals surface area contributed by atoms with Crippen molar-refractivity contribution in [3.63, 3.8) is 0 Å². The fourth-order valence-corrected chi connectivity index (χ4v) is 4.51. The van der Waals surface area contributed by atoms with Crippen molar-refractivity contribution in [1.29, 1.82) is 0 Å². The molecule has 9 heteroatoms. The second-order valence-corrected chi connectivity index (χ2v) is 8.87. The lowest BCUT2D eigenvalue weighted by molar-refractivity contribution is 0.0947. The molecule has 0 aliphatic carbocycles. The summed E-state index contributed by atoms with van der Waals surface area (Å²) in [7, 11) is -3.45. The molecular weight excluding hydrogens is 431 g/mol. The highest BCUT2D eigenvalue weighted by molar-refractivity contribution is 7.54. The Bertz CT molecular complexity index is 882. The number of hydrogen-bond acceptors (Lipinski definition) is 7. The molecule has 0 saturated carbocycles. The predicted molar refractivity (Wildman–Crippen MR) is 124 cm³/mol. The molecule has 32 heavy (non-hydrogen) atoms. The first-order valence-corrected chi connectivity index (χ1v) is 12.2. The number of carbonyl (C=O) groups is 1. The van der Waals surface area contributed by atoms with Crippen molar-refractivity contribution in [2.24, 2.45) is 5.10 Å². The van der Waals surface area contributed by atoms with Gasteiger partial charge in [0.15, 0.2) is 0 Å². The Hall–Kier alpha value is -2.51. The van der Waals surface area contributed by atoms with Gasteiger partial charge in [-0.15, -0.1) is 0 Å². The van der Waals surface area contributed by atoms with Crippen molar-refractivity contribution >= 4 is 19.4 Å². The number of hydrazone groups is 1. The Morgan fingerprint density at radius 1 is 0.938 bits per heavy atom. The maximum Gasteiger partial charge on any atom is 0.428 e. The number of nitrogens with zero attached hydrogens (tertiary/aromatic N) is 1. The van der Waals surface area contributed by atoms with Gasteiger partial charge in [0.25, 0.3) is 0 Å². The molecule has 0 bridgehead atoms. The summed E-state index contributed by atoms with van der Waals surface area (Å²) in [6.07, 6.45) is -1.41. The van der Waals surface area contributed by atoms with E-state index in [1.54, 1.807) is 20.8 Å². The van der Waals surface area contributed by atoms with E-state index in [2.05, 4.69) is 10.5 Å². The summed E-state index contributed by atoms with van der Waals surface area (Å²) in [5, 5.41) is 4.13. The van der Waals surface area contributed by atoms with E-state index >= 15 is 0 Å². The quantitative estimate of drug-likeness (QED) is 0.252. The molecule has 2 aromatic rings. The van der Waals surface area contributed by atoms with E-state index in [4.69, 9.17) is 18.5 Å². The van der Waals surface area contributed by atoms with Gasteiger partial charge in [-0.25, -0.2) is 10.2 Å². The summed E-state index contributed by atoms with van der Waals surface area (Å²) in [6.45, 7) is 6.10. The van der Waals surface area contributed by atoms with Gasteiger partial charge in [0.05, 0.1) is 37.8 Å². The second kappa shape index (κ2) is 13.8. The second-order valence-electron chi connectivity index (χ2n) is 6.82. The van der Waals surface area contributed by atoms with Gasteiger partial charge in [-0.1, -0.05) is 60.7 Å². The first kappa shape index (κ1) is 25.7. The van der Waals surface area contributed by atoms with Gasteiger partial charge in [-0.2, -0.15) is 5.10 Å². The first-order chi connectivity index (χ1) is 15.5. The van der Waals surface area contributed by atoms with Gasteiger partial charge in [0.2, 0.25) is 0 Å². The van der Waals surface area contributed by atoms with Gasteiger partial charge in [0.1, 0.15) is 6.61 Å². The molecule has 0 aliphatic rings. The third-order valence-electron chi connectivity index (χ3n) is 4.32. The minimum Gasteiger partial charge on any atom is -0.443 e. The van der Waals surface area contributed by atoms with E-state index in [0.717, 1.165) is 11.1 Å². The van der Waals surface area contributed by atoms with Crippen LogP contribution in [0, 0.1) is 0 Å². The van der Waals surface area contributed by atoms with Gasteiger partial charge in [-0.3, -0.25) is 4.57 Å². The molecule has 8 nitrogen and oxygen atoms in total. The summed E-state index contributed by atoms with van der Waals surface area (Å²) in [5.74, 6) is 0. The number of nitrogens with one attached hydrogen (secondary N) is 1. The van der Waals surface area contributed by atoms with Crippen LogP contribution in [0.2, 0.25) is 0 Å². The van der Waals surface area contributed by atoms with Crippen molar-refractivity contribution in [3.8, 4) is 0 Å². The molecular formula is C23H31N2O6P. The van der Waals surface area contributed by atoms with Crippen LogP contribution in [0.4, 0.5) is 4.79 Å². The molecule has 174 valence electrons. The van der Waals surface area contributed by atoms with Gasteiger partial charge in [-0.05, 0) is 31.9 Å². The molecule has 1 atom stereocenters. The molecule has 2 rings (SSSR count). The molecule has 0 aromatic heterocycles. The zero-order valence-electron chi connectivity index (χ0n) is 18.7. The number of benzene rings is 2. The van der Waals surface area contributed by atoms with Crippen LogP contribution in [0.15, 0.2) is 65.8 Å². The number of rotatable bonds is 13. The lowest BCUT2D eigenvalue weighted by Gasteiger charge is -2.21. The predicted octanol–water partition coefficient (Wildman–Crippen LogP) is 5.14. The molecule has 0 saturated heterocycles. The maximum atomic E-state index is 13.0. The van der Waals surface area contributed by atoms with Crippen LogP contribution in [0.1, 0.15) is 31.9 Å². The summed E-state index contributed by atoms with van der Waals surface area (Å²) >= 11 is 0. The molecule has 1 N–H and O–H groups in total. The SMILES string of the molecule is CCOP(=O)(C/C(=N\NC(=O)OCc1ccccc1)[C@H](C)OCc1ccccc1)OCC. The molecule has 0 fully saturated rings. The maximum absolute atomic E-state index is 13.0. The Labute approximate surface area is 189 Å². The zero-order chi connectivity index (χ0) is 23.2. The van der Waals surface area contributed by atoms with Crippen molar-refractivity contribution in [2.45, 2.75) is 40.1 Å². The lowest BCUT2D eigenvalue weighted by Crippen LogP contribution is -2.30. The minimum atomic E-state index is -3.45. The van der Waals surface area contributed by atoms with E-state index in [1.807, 2.05) is 60.7 Å². The third kappa shape index (κ3) is 9.32. The largest absolute Gasteiger partial charge is 0.443 e. The smallest absolute Gasteiger partial charge is 0.428 e. The van der Waals surface area contributed by atoms with Crippen LogP contribution >= 0.6 is 7.60 Å². The van der Waals surface area contributed by atoms with Gasteiger partial charge in [0, 0.05) is 0 Å². The normalized spacial score (nSPS) is 12.9. The highest BCUT2D eigenvalue weighted by Crippen LogP contribution is 2.48. The molecule has 2 aromatic carbocycles. The Morgan fingerprint density at radius 3 is 2.00 bits per heavy atom. The molecule has 0 unspecified atom stereocenters. The number of hydrogen-bond donors (Lipinski definition) is 1. The third-order valence-corrected chi connectivity index (χ3v) is 6.34. The highest BCUT2D eigenvalue weighted by Gasteiger charge is 2.29. The van der Waals surface area contributed by atoms with Gasteiger partial charge >= 0.3 is 13.7 Å². The zero-order valence-corrected chi connectivity index (χ0v) is 19.6. The topological polar surface area (TPSA) is 95.5 Å². The average Bonchev–Trinajstić information content (AvgIpc) is 2.80. The molecule has 0 spiro atoms. The van der Waals surface area contributed by atoms with Crippen molar-refractivity contribution < 1.29 is 27.9 Å². The lowest BCUT2D eigenvalue weighted by atomic mass is 10.2. The van der Waals surface area contributed by atoms with E-state index in [9.17, 15) is 9.36 Å². The Kier molecular flexibility index (Phi) is 11.1. The Morgan fingerprint density at radius 2 is 1.47 bits per heavy atom. The van der Waals surface area contributed by atoms with Crippen LogP contribution < -0.4 is 5.43 Å². The fraction of sp³-hybridized carbons (Fsp3) is 0.391. The van der Waals surface area contributed by atoms with E-state index in [1.165, 1.54) is 0 Å². The first-order valence-electron chi connectivity index (χ1n) is 10.5. The molecule has 0 heterocycles. The van der Waals surface area contributed by atoms with Crippen LogP contribution in [0.3, 0.4) is 0 Å². The summed E-state index contributed by atoms with van der Waals surface area (Å²) in [5.41, 5.74) is 4.50. The standard InChI is InChI=1S/C23H31N2O6P/c1-4-30-32(27,31-5-2)18-22(19(3)28-16-20-12-8-6-9-13-20)24-25-23(26)29-17-21-14-10-7-11-15-21/h6-15,19H,4-5,16-18H2,1-3H3,(H,25,26)/b24-22+/t19-/m0/s1. The minimum absolute atomic E-state index is 0.105. The van der Waals surface area contributed by atoms with Gasteiger partial charge < -0.3 is 18.5 Å². The molecule has 0 radical (unpaired) electrons. The monoisotopic (exact) mass is 462 g/mol. The van der Waals surface area contributed by atoms with Crippen molar-refractivity contribution in [3.05, 3.63) is 71.8 Å². The molecule has 0 aliphatic heterocycles. The van der Waals surface area contributed by atoms with E-state index < -0.39 is 19.8 Å². The van der Waals surface area contributed by atoms with Crippen molar-refractivity contribution in [2.75, 3.05) is 19.4 Å².